The van der Waals surface area contributed by atoms with E-state index < -0.39 is 17.4 Å². The number of nitrogens with one attached hydrogen (secondary N) is 2. The molecule has 3 heterocycles. The molecule has 0 saturated carbocycles. The highest BCUT2D eigenvalue weighted by Gasteiger charge is 2.69. The van der Waals surface area contributed by atoms with E-state index in [0.717, 1.165) is 10.0 Å². The monoisotopic (exact) mass is 405 g/mol. The summed E-state index contributed by atoms with van der Waals surface area (Å²) in [6.07, 6.45) is 0.695. The van der Waals surface area contributed by atoms with Gasteiger partial charge in [0.2, 0.25) is 17.7 Å². The highest BCUT2D eigenvalue weighted by Crippen LogP contribution is 2.53. The Kier molecular flexibility index (Phi) is 3.60. The van der Waals surface area contributed by atoms with Crippen LogP contribution < -0.4 is 10.6 Å². The molecule has 0 aromatic heterocycles. The van der Waals surface area contributed by atoms with E-state index in [1.807, 2.05) is 39.0 Å². The number of anilines is 1. The summed E-state index contributed by atoms with van der Waals surface area (Å²) in [5.74, 6) is -1.90. The van der Waals surface area contributed by atoms with Crippen molar-refractivity contribution in [2.45, 2.75) is 44.8 Å². The molecule has 3 amide bonds. The van der Waals surface area contributed by atoms with E-state index in [0.29, 0.717) is 12.1 Å². The van der Waals surface area contributed by atoms with Crippen LogP contribution in [0.4, 0.5) is 5.69 Å². The molecule has 6 nitrogen and oxygen atoms in total. The summed E-state index contributed by atoms with van der Waals surface area (Å²) in [6.45, 7) is 5.70. The van der Waals surface area contributed by atoms with Gasteiger partial charge in [0.25, 0.3) is 0 Å². The summed E-state index contributed by atoms with van der Waals surface area (Å²) >= 11 is 3.45. The summed E-state index contributed by atoms with van der Waals surface area (Å²) in [7, 11) is 0. The first kappa shape index (κ1) is 16.7. The van der Waals surface area contributed by atoms with Crippen molar-refractivity contribution in [1.29, 1.82) is 0 Å². The maximum Gasteiger partial charge on any atom is 0.250 e. The van der Waals surface area contributed by atoms with Crippen LogP contribution >= 0.6 is 15.9 Å². The molecule has 25 heavy (non-hydrogen) atoms. The Hall–Kier alpha value is -1.73. The van der Waals surface area contributed by atoms with Crippen molar-refractivity contribution in [3.8, 4) is 0 Å². The Bertz CT molecular complexity index is 811. The molecule has 2 saturated heterocycles. The van der Waals surface area contributed by atoms with Crippen molar-refractivity contribution >= 4 is 39.3 Å². The Morgan fingerprint density at radius 3 is 2.68 bits per heavy atom. The molecule has 1 aromatic carbocycles. The quantitative estimate of drug-likeness (QED) is 0.737. The molecule has 3 aliphatic heterocycles. The number of rotatable bonds is 2. The molecule has 1 aromatic rings. The fourth-order valence-corrected chi connectivity index (χ4v) is 4.94. The number of halogens is 1. The number of imide groups is 1. The van der Waals surface area contributed by atoms with Gasteiger partial charge in [0.15, 0.2) is 0 Å². The molecule has 4 rings (SSSR count). The Morgan fingerprint density at radius 1 is 1.28 bits per heavy atom. The summed E-state index contributed by atoms with van der Waals surface area (Å²) in [5.41, 5.74) is 0.243. The average Bonchev–Trinajstić information content (AvgIpc) is 3.12. The van der Waals surface area contributed by atoms with Crippen molar-refractivity contribution in [2.75, 3.05) is 5.32 Å². The molecule has 1 spiro atoms. The summed E-state index contributed by atoms with van der Waals surface area (Å²) < 4.78 is 0.829. The number of nitrogens with zero attached hydrogens (tertiary/aromatic N) is 1. The fourth-order valence-electron chi connectivity index (χ4n) is 4.58. The van der Waals surface area contributed by atoms with Crippen LogP contribution in [0, 0.1) is 11.8 Å². The number of benzene rings is 1. The van der Waals surface area contributed by atoms with Crippen LogP contribution in [0.3, 0.4) is 0 Å². The number of fused-ring (bicyclic) bond motifs is 4. The minimum atomic E-state index is -1.18. The van der Waals surface area contributed by atoms with E-state index in [-0.39, 0.29) is 29.8 Å². The molecular formula is C18H20BrN3O3. The van der Waals surface area contributed by atoms with Crippen LogP contribution in [0.15, 0.2) is 22.7 Å². The largest absolute Gasteiger partial charge is 0.324 e. The van der Waals surface area contributed by atoms with E-state index in [4.69, 9.17) is 0 Å². The lowest BCUT2D eigenvalue weighted by molar-refractivity contribution is -0.145. The minimum absolute atomic E-state index is 0.165. The zero-order valence-electron chi connectivity index (χ0n) is 14.3. The smallest absolute Gasteiger partial charge is 0.250 e. The second-order valence-corrected chi connectivity index (χ2v) is 8.11. The van der Waals surface area contributed by atoms with E-state index in [2.05, 4.69) is 26.6 Å². The zero-order valence-corrected chi connectivity index (χ0v) is 15.9. The molecule has 2 N–H and O–H groups in total. The zero-order chi connectivity index (χ0) is 18.1. The third-order valence-electron chi connectivity index (χ3n) is 5.89. The molecule has 0 radical (unpaired) electrons. The molecule has 0 unspecified atom stereocenters. The Balaban J connectivity index is 1.89. The van der Waals surface area contributed by atoms with E-state index in [9.17, 15) is 14.4 Å². The van der Waals surface area contributed by atoms with Gasteiger partial charge in [-0.1, -0.05) is 22.9 Å². The van der Waals surface area contributed by atoms with Crippen LogP contribution in [0.5, 0.6) is 0 Å². The highest BCUT2D eigenvalue weighted by molar-refractivity contribution is 9.10. The summed E-state index contributed by atoms with van der Waals surface area (Å²) in [5, 5.41) is 6.18. The van der Waals surface area contributed by atoms with Crippen LogP contribution in [0.25, 0.3) is 0 Å². The molecule has 132 valence electrons. The normalized spacial score (nSPS) is 34.5. The molecule has 3 aliphatic rings. The molecular weight excluding hydrogens is 386 g/mol. The predicted octanol–water partition coefficient (Wildman–Crippen LogP) is 1.99. The van der Waals surface area contributed by atoms with Crippen molar-refractivity contribution in [1.82, 2.24) is 10.2 Å². The van der Waals surface area contributed by atoms with Gasteiger partial charge in [-0.25, -0.2) is 0 Å². The first-order valence-electron chi connectivity index (χ1n) is 8.59. The standard InChI is InChI=1S/C18H20BrN3O3/c1-4-8(2)22-15(23)13-9(3)21-18(14(13)16(22)24)11-7-10(19)5-6-12(11)20-17(18)25/h5-9,13-14,21H,4H2,1-3H3,(H,20,25)/t8-,9-,13-,14+,18+/m1/s1. The lowest BCUT2D eigenvalue weighted by atomic mass is 9.76. The summed E-state index contributed by atoms with van der Waals surface area (Å²) in [4.78, 5) is 40.5. The van der Waals surface area contributed by atoms with E-state index in [1.54, 1.807) is 0 Å². The van der Waals surface area contributed by atoms with Gasteiger partial charge in [-0.3, -0.25) is 24.6 Å². The number of hydrogen-bond donors (Lipinski definition) is 2. The van der Waals surface area contributed by atoms with Gasteiger partial charge in [-0.2, -0.15) is 0 Å². The molecule has 2 fully saturated rings. The van der Waals surface area contributed by atoms with Gasteiger partial charge >= 0.3 is 0 Å². The first-order valence-corrected chi connectivity index (χ1v) is 9.38. The maximum atomic E-state index is 13.2. The highest BCUT2D eigenvalue weighted by atomic mass is 79.9. The van der Waals surface area contributed by atoms with Crippen LogP contribution in [-0.4, -0.2) is 34.7 Å². The van der Waals surface area contributed by atoms with Crippen LogP contribution in [-0.2, 0) is 19.9 Å². The van der Waals surface area contributed by atoms with Gasteiger partial charge < -0.3 is 5.32 Å². The molecule has 7 heteroatoms. The van der Waals surface area contributed by atoms with Gasteiger partial charge in [-0.15, -0.1) is 0 Å². The molecule has 0 bridgehead atoms. The fraction of sp³-hybridized carbons (Fsp3) is 0.500. The number of carbonyl (C=O) groups excluding carboxylic acids is 3. The van der Waals surface area contributed by atoms with Crippen molar-refractivity contribution in [3.63, 3.8) is 0 Å². The topological polar surface area (TPSA) is 78.5 Å². The summed E-state index contributed by atoms with van der Waals surface area (Å²) in [6, 6.07) is 5.10. The number of likely N-dealkylation sites (tertiary alicyclic amines) is 1. The van der Waals surface area contributed by atoms with E-state index in [1.165, 1.54) is 4.90 Å². The first-order chi connectivity index (χ1) is 11.8. The number of carbonyl (C=O) groups is 3. The maximum absolute atomic E-state index is 13.2. The second-order valence-electron chi connectivity index (χ2n) is 7.19. The van der Waals surface area contributed by atoms with Gasteiger partial charge in [-0.05, 0) is 38.5 Å². The third-order valence-corrected chi connectivity index (χ3v) is 6.38. The van der Waals surface area contributed by atoms with Gasteiger partial charge in [0, 0.05) is 27.8 Å². The Labute approximate surface area is 154 Å². The lowest BCUT2D eigenvalue weighted by Crippen LogP contribution is -2.53. The lowest BCUT2D eigenvalue weighted by Gasteiger charge is -2.30. The molecule has 5 atom stereocenters. The molecule has 0 aliphatic carbocycles. The Morgan fingerprint density at radius 2 is 2.00 bits per heavy atom. The number of amides is 3. The third kappa shape index (κ3) is 1.96. The van der Waals surface area contributed by atoms with Crippen molar-refractivity contribution in [2.24, 2.45) is 11.8 Å². The van der Waals surface area contributed by atoms with Crippen LogP contribution in [0.2, 0.25) is 0 Å². The van der Waals surface area contributed by atoms with Gasteiger partial charge in [0.1, 0.15) is 5.54 Å². The second kappa shape index (κ2) is 5.38. The van der Waals surface area contributed by atoms with Crippen molar-refractivity contribution in [3.05, 3.63) is 28.2 Å². The number of hydrogen-bond acceptors (Lipinski definition) is 4. The van der Waals surface area contributed by atoms with E-state index >= 15 is 0 Å². The SMILES string of the molecule is CC[C@@H](C)N1C(=O)[C@H]2[C@@H](C1=O)[C@]1(N[C@@H]2C)C(=O)Nc2ccc(Br)cc21. The van der Waals surface area contributed by atoms with Gasteiger partial charge in [0.05, 0.1) is 11.8 Å². The minimum Gasteiger partial charge on any atom is -0.324 e. The van der Waals surface area contributed by atoms with Crippen molar-refractivity contribution < 1.29 is 14.4 Å². The van der Waals surface area contributed by atoms with Crippen LogP contribution in [0.1, 0.15) is 32.8 Å². The predicted molar refractivity (Wildman–Crippen MR) is 95.6 cm³/mol. The average molecular weight is 406 g/mol.